The van der Waals surface area contributed by atoms with Gasteiger partial charge in [-0.05, 0) is 12.1 Å². The highest BCUT2D eigenvalue weighted by molar-refractivity contribution is 5.98. The number of ketones is 1. The Bertz CT molecular complexity index is 521. The number of carbonyl (C=O) groups is 2. The van der Waals surface area contributed by atoms with Crippen LogP contribution in [0.5, 0.6) is 0 Å². The highest BCUT2D eigenvalue weighted by atomic mass is 16.5. The number of anilines is 1. The lowest BCUT2D eigenvalue weighted by atomic mass is 9.96. The molecule has 0 aromatic heterocycles. The number of rotatable bonds is 3. The molecule has 1 fully saturated rings. The number of para-hydroxylation sites is 1. The van der Waals surface area contributed by atoms with E-state index in [2.05, 4.69) is 0 Å². The van der Waals surface area contributed by atoms with Crippen molar-refractivity contribution in [3.05, 3.63) is 30.3 Å². The van der Waals surface area contributed by atoms with Gasteiger partial charge in [0.1, 0.15) is 6.04 Å². The molecule has 98 valence electrons. The third-order valence-corrected chi connectivity index (χ3v) is 3.30. The molecule has 0 bridgehead atoms. The van der Waals surface area contributed by atoms with Gasteiger partial charge in [0.15, 0.2) is 5.78 Å². The van der Waals surface area contributed by atoms with Crippen molar-refractivity contribution in [2.24, 2.45) is 5.92 Å². The fourth-order valence-corrected chi connectivity index (χ4v) is 2.38. The molecule has 5 heteroatoms. The molecular weight excluding hydrogens is 244 g/mol. The number of benzene rings is 1. The van der Waals surface area contributed by atoms with Crippen LogP contribution in [0, 0.1) is 17.2 Å². The summed E-state index contributed by atoms with van der Waals surface area (Å²) in [6, 6.07) is 10.5. The largest absolute Gasteiger partial charge is 0.467 e. The minimum absolute atomic E-state index is 0.0297. The first-order valence-corrected chi connectivity index (χ1v) is 5.98. The molecule has 5 nitrogen and oxygen atoms in total. The van der Waals surface area contributed by atoms with Crippen LogP contribution in [0.3, 0.4) is 0 Å². The molecule has 1 aliphatic rings. The average Bonchev–Trinajstić information content (AvgIpc) is 2.77. The fourth-order valence-electron chi connectivity index (χ4n) is 2.38. The summed E-state index contributed by atoms with van der Waals surface area (Å²) >= 11 is 0. The van der Waals surface area contributed by atoms with Crippen LogP contribution in [0.1, 0.15) is 6.42 Å². The van der Waals surface area contributed by atoms with Gasteiger partial charge in [0.25, 0.3) is 0 Å². The van der Waals surface area contributed by atoms with Crippen molar-refractivity contribution in [3.63, 3.8) is 0 Å². The number of methoxy groups -OCH3 is 1. The molecule has 1 unspecified atom stereocenters. The Balaban J connectivity index is 2.35. The third kappa shape index (κ3) is 2.43. The Hall–Kier alpha value is -2.35. The van der Waals surface area contributed by atoms with E-state index in [-0.39, 0.29) is 18.7 Å². The van der Waals surface area contributed by atoms with E-state index in [0.717, 1.165) is 5.69 Å². The van der Waals surface area contributed by atoms with E-state index >= 15 is 0 Å². The topological polar surface area (TPSA) is 70.4 Å². The van der Waals surface area contributed by atoms with E-state index in [0.29, 0.717) is 0 Å². The van der Waals surface area contributed by atoms with Gasteiger partial charge in [-0.3, -0.25) is 4.79 Å². The quantitative estimate of drug-likeness (QED) is 0.760. The van der Waals surface area contributed by atoms with Crippen molar-refractivity contribution < 1.29 is 14.3 Å². The van der Waals surface area contributed by atoms with Crippen molar-refractivity contribution in [1.29, 1.82) is 5.26 Å². The fraction of sp³-hybridized carbons (Fsp3) is 0.357. The molecule has 0 spiro atoms. The van der Waals surface area contributed by atoms with Gasteiger partial charge >= 0.3 is 5.97 Å². The smallest absolute Gasteiger partial charge is 0.329 e. The summed E-state index contributed by atoms with van der Waals surface area (Å²) in [5.41, 5.74) is 0.784. The van der Waals surface area contributed by atoms with Gasteiger partial charge in [0.2, 0.25) is 0 Å². The Kier molecular flexibility index (Phi) is 3.81. The van der Waals surface area contributed by atoms with Gasteiger partial charge in [-0.15, -0.1) is 0 Å². The summed E-state index contributed by atoms with van der Waals surface area (Å²) in [6.07, 6.45) is 0.0297. The number of hydrogen-bond donors (Lipinski definition) is 0. The predicted molar refractivity (Wildman–Crippen MR) is 68.3 cm³/mol. The molecule has 19 heavy (non-hydrogen) atoms. The molecule has 1 saturated heterocycles. The maximum absolute atomic E-state index is 12.0. The van der Waals surface area contributed by atoms with Crippen molar-refractivity contribution in [2.75, 3.05) is 18.6 Å². The lowest BCUT2D eigenvalue weighted by Crippen LogP contribution is -2.40. The van der Waals surface area contributed by atoms with Crippen molar-refractivity contribution in [2.45, 2.75) is 12.5 Å². The van der Waals surface area contributed by atoms with E-state index in [1.807, 2.05) is 36.4 Å². The molecule has 1 aromatic rings. The first kappa shape index (κ1) is 13.1. The number of esters is 1. The van der Waals surface area contributed by atoms with E-state index in [4.69, 9.17) is 10.00 Å². The number of hydrogen-bond acceptors (Lipinski definition) is 5. The van der Waals surface area contributed by atoms with E-state index in [1.165, 1.54) is 7.11 Å². The predicted octanol–water partition coefficient (Wildman–Crippen LogP) is 1.15. The maximum atomic E-state index is 12.0. The number of nitriles is 1. The van der Waals surface area contributed by atoms with Crippen LogP contribution in [0.15, 0.2) is 30.3 Å². The standard InChI is InChI=1S/C14H14N2O3/c1-19-14(18)13-11(7-8-15)12(17)9-16(13)10-5-3-2-4-6-10/h2-6,11,13H,7,9H2,1H3/t11?,13-/m0/s1. The molecule has 2 rings (SSSR count). The zero-order chi connectivity index (χ0) is 13.8. The zero-order valence-electron chi connectivity index (χ0n) is 10.6. The average molecular weight is 258 g/mol. The van der Waals surface area contributed by atoms with Gasteiger partial charge in [-0.1, -0.05) is 18.2 Å². The second-order valence-corrected chi connectivity index (χ2v) is 4.37. The van der Waals surface area contributed by atoms with Crippen LogP contribution in [0.25, 0.3) is 0 Å². The number of Topliss-reactive ketones (excluding diaryl/α,β-unsaturated/α-hetero) is 1. The zero-order valence-corrected chi connectivity index (χ0v) is 10.6. The molecule has 0 N–H and O–H groups in total. The number of ether oxygens (including phenoxy) is 1. The van der Waals surface area contributed by atoms with Crippen LogP contribution in [0.4, 0.5) is 5.69 Å². The molecule has 2 atom stereocenters. The summed E-state index contributed by atoms with van der Waals surface area (Å²) in [5.74, 6) is -1.19. The first-order valence-electron chi connectivity index (χ1n) is 5.98. The van der Waals surface area contributed by atoms with Crippen LogP contribution >= 0.6 is 0 Å². The summed E-state index contributed by atoms with van der Waals surface area (Å²) in [7, 11) is 1.29. The van der Waals surface area contributed by atoms with E-state index in [1.54, 1.807) is 4.90 Å². The van der Waals surface area contributed by atoms with Crippen molar-refractivity contribution in [1.82, 2.24) is 0 Å². The van der Waals surface area contributed by atoms with Crippen LogP contribution in [0.2, 0.25) is 0 Å². The van der Waals surface area contributed by atoms with Gasteiger partial charge < -0.3 is 9.64 Å². The molecule has 1 aliphatic heterocycles. The van der Waals surface area contributed by atoms with E-state index in [9.17, 15) is 9.59 Å². The van der Waals surface area contributed by atoms with E-state index < -0.39 is 17.9 Å². The number of nitrogens with zero attached hydrogens (tertiary/aromatic N) is 2. The summed E-state index contributed by atoms with van der Waals surface area (Å²) < 4.78 is 4.77. The monoisotopic (exact) mass is 258 g/mol. The van der Waals surface area contributed by atoms with Gasteiger partial charge in [-0.2, -0.15) is 5.26 Å². The molecule has 1 aromatic carbocycles. The Morgan fingerprint density at radius 1 is 1.47 bits per heavy atom. The molecule has 0 radical (unpaired) electrons. The Labute approximate surface area is 111 Å². The first-order chi connectivity index (χ1) is 9.19. The van der Waals surface area contributed by atoms with Gasteiger partial charge in [0.05, 0.1) is 25.6 Å². The van der Waals surface area contributed by atoms with Gasteiger partial charge in [-0.25, -0.2) is 4.79 Å². The van der Waals surface area contributed by atoms with Crippen LogP contribution < -0.4 is 4.90 Å². The van der Waals surface area contributed by atoms with Crippen LogP contribution in [-0.4, -0.2) is 31.4 Å². The highest BCUT2D eigenvalue weighted by Crippen LogP contribution is 2.30. The molecular formula is C14H14N2O3. The number of carbonyl (C=O) groups excluding carboxylic acids is 2. The summed E-state index contributed by atoms with van der Waals surface area (Å²) in [5, 5.41) is 8.80. The maximum Gasteiger partial charge on any atom is 0.329 e. The summed E-state index contributed by atoms with van der Waals surface area (Å²) in [4.78, 5) is 25.6. The minimum atomic E-state index is -0.709. The minimum Gasteiger partial charge on any atom is -0.467 e. The van der Waals surface area contributed by atoms with Crippen molar-refractivity contribution >= 4 is 17.4 Å². The highest BCUT2D eigenvalue weighted by Gasteiger charge is 2.45. The Morgan fingerprint density at radius 3 is 2.74 bits per heavy atom. The SMILES string of the molecule is COC(=O)[C@@H]1C(CC#N)C(=O)CN1c1ccccc1. The lowest BCUT2D eigenvalue weighted by molar-refractivity contribution is -0.144. The Morgan fingerprint density at radius 2 is 2.16 bits per heavy atom. The van der Waals surface area contributed by atoms with Crippen molar-refractivity contribution in [3.8, 4) is 6.07 Å². The lowest BCUT2D eigenvalue weighted by Gasteiger charge is -2.25. The molecule has 1 heterocycles. The second-order valence-electron chi connectivity index (χ2n) is 4.37. The molecule has 0 aliphatic carbocycles. The summed E-state index contributed by atoms with van der Waals surface area (Å²) in [6.45, 7) is 0.135. The third-order valence-electron chi connectivity index (χ3n) is 3.30. The molecule has 0 saturated carbocycles. The van der Waals surface area contributed by atoms with Gasteiger partial charge in [0, 0.05) is 12.1 Å². The molecule has 0 amide bonds. The normalized spacial score (nSPS) is 22.1. The second kappa shape index (κ2) is 5.53. The van der Waals surface area contributed by atoms with Crippen LogP contribution in [-0.2, 0) is 14.3 Å².